The Bertz CT molecular complexity index is 2170. The molecule has 2 amide bonds. The molecule has 4 heterocycles. The molecule has 52 heavy (non-hydrogen) atoms. The van der Waals surface area contributed by atoms with Gasteiger partial charge in [0.2, 0.25) is 0 Å². The number of carbonyl (C=O) groups excluding carboxylic acids is 2. The third-order valence-electron chi connectivity index (χ3n) is 7.73. The highest BCUT2D eigenvalue weighted by atomic mass is 32.2. The Balaban J connectivity index is 0.000000223. The number of carbonyl (C=O) groups is 2. The molecule has 0 aliphatic carbocycles. The van der Waals surface area contributed by atoms with Gasteiger partial charge in [-0.1, -0.05) is 42.5 Å². The van der Waals surface area contributed by atoms with Crippen molar-refractivity contribution in [3.8, 4) is 20.9 Å². The second kappa shape index (κ2) is 15.5. The van der Waals surface area contributed by atoms with Gasteiger partial charge in [-0.15, -0.1) is 22.7 Å². The maximum absolute atomic E-state index is 12.0. The fourth-order valence-electron chi connectivity index (χ4n) is 4.97. The van der Waals surface area contributed by atoms with Crippen LogP contribution >= 0.6 is 22.7 Å². The number of sulfone groups is 1. The number of anilines is 3. The topological polar surface area (TPSA) is 230 Å². The number of benzene rings is 2. The second-order valence-corrected chi connectivity index (χ2v) is 17.0. The molecule has 1 aliphatic rings. The normalized spacial score (nSPS) is 13.8. The van der Waals surface area contributed by atoms with Crippen molar-refractivity contribution in [2.75, 3.05) is 37.1 Å². The molecule has 0 spiro atoms. The van der Waals surface area contributed by atoms with E-state index < -0.39 is 32.9 Å². The summed E-state index contributed by atoms with van der Waals surface area (Å²) in [4.78, 5) is 29.5. The van der Waals surface area contributed by atoms with E-state index in [1.54, 1.807) is 56.3 Å². The molecule has 13 nitrogen and oxygen atoms in total. The molecule has 9 N–H and O–H groups in total. The molecule has 0 saturated carbocycles. The van der Waals surface area contributed by atoms with Crippen molar-refractivity contribution in [3.05, 3.63) is 101 Å². The Morgan fingerprint density at radius 2 is 1.52 bits per heavy atom. The molecule has 1 saturated heterocycles. The summed E-state index contributed by atoms with van der Waals surface area (Å²) in [7, 11) is -3.29. The van der Waals surface area contributed by atoms with Gasteiger partial charge in [-0.25, -0.2) is 13.4 Å². The van der Waals surface area contributed by atoms with Crippen molar-refractivity contribution in [2.24, 2.45) is 11.5 Å². The van der Waals surface area contributed by atoms with E-state index in [0.717, 1.165) is 32.7 Å². The first-order chi connectivity index (χ1) is 24.4. The molecule has 2 aromatic carbocycles. The first-order valence-electron chi connectivity index (χ1n) is 15.8. The number of pyridine rings is 1. The van der Waals surface area contributed by atoms with Crippen LogP contribution in [0.2, 0.25) is 0 Å². The van der Waals surface area contributed by atoms with Crippen LogP contribution in [-0.2, 0) is 31.5 Å². The van der Waals surface area contributed by atoms with Crippen LogP contribution in [0.1, 0.15) is 45.8 Å². The molecule has 0 atom stereocenters. The van der Waals surface area contributed by atoms with E-state index in [9.17, 15) is 28.2 Å². The van der Waals surface area contributed by atoms with Crippen LogP contribution in [0.15, 0.2) is 83.8 Å². The molecule has 1 fully saturated rings. The predicted molar refractivity (Wildman–Crippen MR) is 202 cm³/mol. The van der Waals surface area contributed by atoms with Gasteiger partial charge in [0.05, 0.1) is 58.7 Å². The summed E-state index contributed by atoms with van der Waals surface area (Å²) in [6, 6.07) is 22.7. The number of hydrogen-bond donors (Lipinski definition) is 6. The van der Waals surface area contributed by atoms with Gasteiger partial charge in [0, 0.05) is 16.0 Å². The number of rotatable bonds is 12. The third-order valence-corrected chi connectivity index (χ3v) is 11.0. The van der Waals surface area contributed by atoms with Crippen molar-refractivity contribution in [3.63, 3.8) is 0 Å². The fraction of sp³-hybridized carbons (Fsp3) is 0.250. The summed E-state index contributed by atoms with van der Waals surface area (Å²) in [5.74, 6) is -0.604. The maximum atomic E-state index is 12.0. The van der Waals surface area contributed by atoms with E-state index in [0.29, 0.717) is 45.9 Å². The minimum Gasteiger partial charge on any atom is -0.390 e. The SMILES string of the molecule is CC(C)(O)COCc1cccc(Nc2sc(-c3ccc(S(C)(=O)=O)cc3)cc2C(N)=O)n1.NC(=O)c1cc(-c2ccc(C3(O)COC3)cc2)sc1N. The van der Waals surface area contributed by atoms with E-state index in [-0.39, 0.29) is 18.1 Å². The lowest BCUT2D eigenvalue weighted by molar-refractivity contribution is -0.184. The van der Waals surface area contributed by atoms with Crippen LogP contribution in [0.25, 0.3) is 20.9 Å². The van der Waals surface area contributed by atoms with Crippen molar-refractivity contribution < 1.29 is 37.7 Å². The summed E-state index contributed by atoms with van der Waals surface area (Å²) in [6.07, 6.45) is 1.15. The molecule has 0 bridgehead atoms. The number of thiophene rings is 2. The number of amides is 2. The Labute approximate surface area is 309 Å². The lowest BCUT2D eigenvalue weighted by Gasteiger charge is -2.36. The minimum atomic E-state index is -3.29. The van der Waals surface area contributed by atoms with Crippen LogP contribution in [0, 0.1) is 0 Å². The van der Waals surface area contributed by atoms with Crippen molar-refractivity contribution >= 4 is 60.1 Å². The molecule has 0 unspecified atom stereocenters. The molecule has 1 aliphatic heterocycles. The van der Waals surface area contributed by atoms with E-state index in [1.807, 2.05) is 24.3 Å². The van der Waals surface area contributed by atoms with Gasteiger partial charge in [0.25, 0.3) is 11.8 Å². The highest BCUT2D eigenvalue weighted by Crippen LogP contribution is 2.38. The summed E-state index contributed by atoms with van der Waals surface area (Å²) in [5, 5.41) is 24.0. The van der Waals surface area contributed by atoms with E-state index in [1.165, 1.54) is 34.8 Å². The Kier molecular flexibility index (Phi) is 11.5. The smallest absolute Gasteiger partial charge is 0.251 e. The second-order valence-electron chi connectivity index (χ2n) is 12.8. The van der Waals surface area contributed by atoms with Crippen LogP contribution < -0.4 is 22.5 Å². The average Bonchev–Trinajstić information content (AvgIpc) is 3.67. The number of nitrogens with one attached hydrogen (secondary N) is 1. The van der Waals surface area contributed by atoms with E-state index >= 15 is 0 Å². The molecule has 16 heteroatoms. The first kappa shape index (κ1) is 38.5. The van der Waals surface area contributed by atoms with Crippen molar-refractivity contribution in [1.82, 2.24) is 4.98 Å². The number of aliphatic hydroxyl groups is 2. The number of nitrogens with two attached hydrogens (primary N) is 3. The van der Waals surface area contributed by atoms with Crippen LogP contribution in [-0.4, -0.2) is 67.1 Å². The number of ether oxygens (including phenoxy) is 2. The van der Waals surface area contributed by atoms with Gasteiger partial charge in [0.1, 0.15) is 16.4 Å². The van der Waals surface area contributed by atoms with Crippen LogP contribution in [0.3, 0.4) is 0 Å². The largest absolute Gasteiger partial charge is 0.390 e. The average molecular weight is 766 g/mol. The molecular formula is C36H39N5O8S3. The molecular weight excluding hydrogens is 727 g/mol. The number of nitrogen functional groups attached to an aromatic ring is 1. The summed E-state index contributed by atoms with van der Waals surface area (Å²) in [5.41, 5.74) is 18.6. The Hall–Kier alpha value is -4.68. The quantitative estimate of drug-likeness (QED) is 0.102. The van der Waals surface area contributed by atoms with Crippen LogP contribution in [0.4, 0.5) is 15.8 Å². The highest BCUT2D eigenvalue weighted by Gasteiger charge is 2.37. The lowest BCUT2D eigenvalue weighted by Crippen LogP contribution is -2.46. The Morgan fingerprint density at radius 3 is 2.04 bits per heavy atom. The zero-order valence-electron chi connectivity index (χ0n) is 28.6. The van der Waals surface area contributed by atoms with E-state index in [4.69, 9.17) is 26.7 Å². The summed E-state index contributed by atoms with van der Waals surface area (Å²) >= 11 is 2.63. The maximum Gasteiger partial charge on any atom is 0.251 e. The highest BCUT2D eigenvalue weighted by molar-refractivity contribution is 7.90. The standard InChI is InChI=1S/C22H25N3O5S2.C14H14N2O3S/c1-22(2,27)13-30-12-15-5-4-6-19(24-15)25-21-17(20(23)26)11-18(31-21)14-7-9-16(10-8-14)32(3,28)29;15-12(17)10-5-11(20-13(10)16)8-1-3-9(4-2-8)14(18)6-19-7-14/h4-11,27H,12-13H2,1-3H3,(H2,23,26)(H,24,25);1-5,18H,6-7,16H2,(H2,15,17). The van der Waals surface area contributed by atoms with Gasteiger partial charge in [-0.3, -0.25) is 9.59 Å². The zero-order valence-corrected chi connectivity index (χ0v) is 31.0. The molecule has 3 aromatic heterocycles. The van der Waals surface area contributed by atoms with Crippen LogP contribution in [0.5, 0.6) is 0 Å². The molecule has 274 valence electrons. The van der Waals surface area contributed by atoms with Gasteiger partial charge in [-0.2, -0.15) is 0 Å². The Morgan fingerprint density at radius 1 is 0.942 bits per heavy atom. The fourth-order valence-corrected chi connectivity index (χ4v) is 7.62. The number of nitrogens with zero attached hydrogens (tertiary/aromatic N) is 1. The van der Waals surface area contributed by atoms with Crippen molar-refractivity contribution in [2.45, 2.75) is 36.6 Å². The van der Waals surface area contributed by atoms with Gasteiger partial charge < -0.3 is 42.2 Å². The molecule has 5 aromatic rings. The van der Waals surface area contributed by atoms with Crippen molar-refractivity contribution in [1.29, 1.82) is 0 Å². The number of aromatic nitrogens is 1. The number of primary amides is 2. The monoisotopic (exact) mass is 765 g/mol. The predicted octanol–water partition coefficient (Wildman–Crippen LogP) is 4.66. The summed E-state index contributed by atoms with van der Waals surface area (Å²) < 4.78 is 33.9. The minimum absolute atomic E-state index is 0.171. The van der Waals surface area contributed by atoms with Gasteiger partial charge in [0.15, 0.2) is 9.84 Å². The third kappa shape index (κ3) is 9.60. The van der Waals surface area contributed by atoms with Gasteiger partial charge in [-0.05, 0) is 66.9 Å². The molecule has 6 rings (SSSR count). The first-order valence-corrected chi connectivity index (χ1v) is 19.3. The zero-order chi connectivity index (χ0) is 37.8. The summed E-state index contributed by atoms with van der Waals surface area (Å²) in [6.45, 7) is 4.36. The van der Waals surface area contributed by atoms with E-state index in [2.05, 4.69) is 10.3 Å². The molecule has 0 radical (unpaired) electrons. The number of hydrogen-bond acceptors (Lipinski definition) is 13. The van der Waals surface area contributed by atoms with Gasteiger partial charge >= 0.3 is 0 Å². The lowest BCUT2D eigenvalue weighted by atomic mass is 9.91.